The molecule has 0 unspecified atom stereocenters. The number of ether oxygens (including phenoxy) is 2. The van der Waals surface area contributed by atoms with Crippen LogP contribution >= 0.6 is 0 Å². The van der Waals surface area contributed by atoms with Crippen LogP contribution in [0, 0.1) is 0 Å². The number of fused-ring (bicyclic) bond motifs is 1. The van der Waals surface area contributed by atoms with Crippen molar-refractivity contribution in [3.63, 3.8) is 0 Å². The van der Waals surface area contributed by atoms with Gasteiger partial charge < -0.3 is 14.8 Å². The van der Waals surface area contributed by atoms with Crippen LogP contribution in [0.5, 0.6) is 5.75 Å². The molecular weight excluding hydrogens is 296 g/mol. The fourth-order valence-corrected chi connectivity index (χ4v) is 2.28. The van der Waals surface area contributed by atoms with Crippen molar-refractivity contribution in [3.05, 3.63) is 24.3 Å². The molecular formula is C17H24N2O4. The molecule has 6 nitrogen and oxygen atoms in total. The monoisotopic (exact) mass is 320 g/mol. The van der Waals surface area contributed by atoms with Gasteiger partial charge in [-0.1, -0.05) is 25.5 Å². The Balaban J connectivity index is 1.74. The Morgan fingerprint density at radius 1 is 1.30 bits per heavy atom. The Hall–Kier alpha value is -2.08. The van der Waals surface area contributed by atoms with Crippen LogP contribution in [-0.2, 0) is 14.3 Å². The first-order chi connectivity index (χ1) is 11.2. The molecule has 0 fully saturated rings. The van der Waals surface area contributed by atoms with E-state index in [1.54, 1.807) is 12.1 Å². The van der Waals surface area contributed by atoms with Crippen LogP contribution in [0.1, 0.15) is 26.2 Å². The maximum absolute atomic E-state index is 12.0. The van der Waals surface area contributed by atoms with Crippen molar-refractivity contribution >= 4 is 17.5 Å². The third kappa shape index (κ3) is 5.25. The Kier molecular flexibility index (Phi) is 6.87. The molecule has 0 aliphatic carbocycles. The van der Waals surface area contributed by atoms with Gasteiger partial charge in [0.25, 0.3) is 5.91 Å². The number of hydrogen-bond acceptors (Lipinski definition) is 4. The van der Waals surface area contributed by atoms with Gasteiger partial charge in [0.2, 0.25) is 5.91 Å². The number of nitrogens with zero attached hydrogens (tertiary/aromatic N) is 1. The van der Waals surface area contributed by atoms with Gasteiger partial charge in [-0.2, -0.15) is 0 Å². The number of benzene rings is 1. The number of rotatable bonds is 9. The van der Waals surface area contributed by atoms with E-state index in [0.717, 1.165) is 25.9 Å². The van der Waals surface area contributed by atoms with Crippen LogP contribution in [0.4, 0.5) is 5.69 Å². The molecule has 1 aliphatic rings. The van der Waals surface area contributed by atoms with Crippen molar-refractivity contribution in [1.29, 1.82) is 0 Å². The summed E-state index contributed by atoms with van der Waals surface area (Å²) in [4.78, 5) is 25.4. The van der Waals surface area contributed by atoms with Gasteiger partial charge in [-0.15, -0.1) is 0 Å². The summed E-state index contributed by atoms with van der Waals surface area (Å²) in [5.74, 6) is 0.245. The lowest BCUT2D eigenvalue weighted by Crippen LogP contribution is -2.45. The normalized spacial score (nSPS) is 13.4. The molecule has 0 saturated carbocycles. The molecule has 126 valence electrons. The Morgan fingerprint density at radius 2 is 2.09 bits per heavy atom. The van der Waals surface area contributed by atoms with Crippen LogP contribution in [0.3, 0.4) is 0 Å². The topological polar surface area (TPSA) is 67.9 Å². The second kappa shape index (κ2) is 9.15. The predicted octanol–water partition coefficient (Wildman–Crippen LogP) is 1.73. The van der Waals surface area contributed by atoms with Crippen molar-refractivity contribution < 1.29 is 19.1 Å². The summed E-state index contributed by atoms with van der Waals surface area (Å²) in [6.07, 6.45) is 2.94. The number of carbonyl (C=O) groups excluding carboxylic acids is 2. The zero-order chi connectivity index (χ0) is 16.5. The minimum Gasteiger partial charge on any atom is -0.482 e. The van der Waals surface area contributed by atoms with E-state index in [4.69, 9.17) is 9.47 Å². The van der Waals surface area contributed by atoms with Crippen molar-refractivity contribution in [3.8, 4) is 5.75 Å². The first-order valence-corrected chi connectivity index (χ1v) is 8.09. The molecule has 1 heterocycles. The van der Waals surface area contributed by atoms with Crippen LogP contribution in [-0.4, -0.2) is 44.7 Å². The highest BCUT2D eigenvalue weighted by molar-refractivity contribution is 6.02. The molecule has 6 heteroatoms. The standard InChI is InChI=1S/C17H24N2O4/c1-2-3-10-22-11-6-9-18-16(20)12-19-14-7-4-5-8-15(14)23-13-17(19)21/h4-5,7-8H,2-3,6,9-13H2,1H3,(H,18,20). The van der Waals surface area contributed by atoms with E-state index in [1.165, 1.54) is 4.90 Å². The summed E-state index contributed by atoms with van der Waals surface area (Å²) in [6.45, 7) is 4.05. The maximum atomic E-state index is 12.0. The zero-order valence-corrected chi connectivity index (χ0v) is 13.5. The smallest absolute Gasteiger partial charge is 0.265 e. The van der Waals surface area contributed by atoms with Crippen LogP contribution in [0.15, 0.2) is 24.3 Å². The maximum Gasteiger partial charge on any atom is 0.265 e. The minimum absolute atomic E-state index is 0.00982. The van der Waals surface area contributed by atoms with E-state index in [1.807, 2.05) is 12.1 Å². The van der Waals surface area contributed by atoms with Crippen LogP contribution < -0.4 is 15.0 Å². The molecule has 23 heavy (non-hydrogen) atoms. The van der Waals surface area contributed by atoms with Gasteiger partial charge in [0, 0.05) is 19.8 Å². The number of anilines is 1. The molecule has 1 aliphatic heterocycles. The van der Waals surface area contributed by atoms with E-state index in [-0.39, 0.29) is 25.0 Å². The fourth-order valence-electron chi connectivity index (χ4n) is 2.28. The first kappa shape index (κ1) is 17.3. The quantitative estimate of drug-likeness (QED) is 0.704. The molecule has 0 radical (unpaired) electrons. The second-order valence-electron chi connectivity index (χ2n) is 5.41. The average Bonchev–Trinajstić information content (AvgIpc) is 2.57. The number of hydrogen-bond donors (Lipinski definition) is 1. The molecule has 1 aromatic rings. The van der Waals surface area contributed by atoms with E-state index in [2.05, 4.69) is 12.2 Å². The summed E-state index contributed by atoms with van der Waals surface area (Å²) in [7, 11) is 0. The molecule has 2 amide bonds. The Labute approximate surface area is 136 Å². The third-order valence-corrected chi connectivity index (χ3v) is 3.54. The summed E-state index contributed by atoms with van der Waals surface area (Å²) in [5, 5.41) is 2.82. The summed E-state index contributed by atoms with van der Waals surface area (Å²) in [5.41, 5.74) is 0.641. The Bertz CT molecular complexity index is 533. The molecule has 0 saturated heterocycles. The van der Waals surface area contributed by atoms with E-state index >= 15 is 0 Å². The van der Waals surface area contributed by atoms with Gasteiger partial charge in [-0.05, 0) is 25.0 Å². The molecule has 0 aromatic heterocycles. The molecule has 0 bridgehead atoms. The number of para-hydroxylation sites is 2. The minimum atomic E-state index is -0.207. The van der Waals surface area contributed by atoms with E-state index in [0.29, 0.717) is 24.6 Å². The average molecular weight is 320 g/mol. The highest BCUT2D eigenvalue weighted by atomic mass is 16.5. The second-order valence-corrected chi connectivity index (χ2v) is 5.41. The van der Waals surface area contributed by atoms with Crippen molar-refractivity contribution in [1.82, 2.24) is 5.32 Å². The summed E-state index contributed by atoms with van der Waals surface area (Å²) < 4.78 is 10.8. The highest BCUT2D eigenvalue weighted by Gasteiger charge is 2.26. The molecule has 0 atom stereocenters. The highest BCUT2D eigenvalue weighted by Crippen LogP contribution is 2.30. The molecule has 2 rings (SSSR count). The number of nitrogens with one attached hydrogen (secondary N) is 1. The van der Waals surface area contributed by atoms with Gasteiger partial charge in [-0.3, -0.25) is 14.5 Å². The SMILES string of the molecule is CCCCOCCCNC(=O)CN1C(=O)COc2ccccc21. The van der Waals surface area contributed by atoms with E-state index < -0.39 is 0 Å². The lowest BCUT2D eigenvalue weighted by molar-refractivity contribution is -0.125. The van der Waals surface area contributed by atoms with Gasteiger partial charge >= 0.3 is 0 Å². The first-order valence-electron chi connectivity index (χ1n) is 8.09. The number of unbranched alkanes of at least 4 members (excludes halogenated alkanes) is 1. The number of amides is 2. The zero-order valence-electron chi connectivity index (χ0n) is 13.5. The summed E-state index contributed by atoms with van der Waals surface area (Å²) >= 11 is 0. The largest absolute Gasteiger partial charge is 0.482 e. The van der Waals surface area contributed by atoms with Crippen molar-refractivity contribution in [2.45, 2.75) is 26.2 Å². The van der Waals surface area contributed by atoms with Crippen LogP contribution in [0.25, 0.3) is 0 Å². The Morgan fingerprint density at radius 3 is 2.91 bits per heavy atom. The van der Waals surface area contributed by atoms with Crippen LogP contribution in [0.2, 0.25) is 0 Å². The van der Waals surface area contributed by atoms with Gasteiger partial charge in [0.15, 0.2) is 6.61 Å². The fraction of sp³-hybridized carbons (Fsp3) is 0.529. The van der Waals surface area contributed by atoms with Gasteiger partial charge in [0.05, 0.1) is 5.69 Å². The molecule has 0 spiro atoms. The van der Waals surface area contributed by atoms with Crippen molar-refractivity contribution in [2.75, 3.05) is 37.8 Å². The van der Waals surface area contributed by atoms with Crippen molar-refractivity contribution in [2.24, 2.45) is 0 Å². The van der Waals surface area contributed by atoms with Gasteiger partial charge in [-0.25, -0.2) is 0 Å². The lowest BCUT2D eigenvalue weighted by Gasteiger charge is -2.28. The van der Waals surface area contributed by atoms with Gasteiger partial charge in [0.1, 0.15) is 12.3 Å². The predicted molar refractivity (Wildman–Crippen MR) is 87.6 cm³/mol. The third-order valence-electron chi connectivity index (χ3n) is 3.54. The summed E-state index contributed by atoms with van der Waals surface area (Å²) in [6, 6.07) is 7.23. The van der Waals surface area contributed by atoms with E-state index in [9.17, 15) is 9.59 Å². The molecule has 1 N–H and O–H groups in total. The number of carbonyl (C=O) groups is 2. The molecule has 1 aromatic carbocycles. The lowest BCUT2D eigenvalue weighted by atomic mass is 10.2.